The van der Waals surface area contributed by atoms with Crippen molar-refractivity contribution in [3.63, 3.8) is 0 Å². The molecule has 0 radical (unpaired) electrons. The van der Waals surface area contributed by atoms with Gasteiger partial charge in [0.2, 0.25) is 11.0 Å². The number of aromatic nitrogens is 4. The van der Waals surface area contributed by atoms with Gasteiger partial charge in [0.05, 0.1) is 5.69 Å². The third kappa shape index (κ3) is 2.86. The summed E-state index contributed by atoms with van der Waals surface area (Å²) in [7, 11) is 0. The number of nitrogen functional groups attached to an aromatic ring is 1. The Balaban J connectivity index is 1.74. The predicted octanol–water partition coefficient (Wildman–Crippen LogP) is 1.61. The molecule has 0 aliphatic heterocycles. The van der Waals surface area contributed by atoms with Crippen molar-refractivity contribution in [2.75, 3.05) is 5.84 Å². The molecule has 0 fully saturated rings. The number of hydrogen-bond donors (Lipinski definition) is 1. The van der Waals surface area contributed by atoms with E-state index in [4.69, 9.17) is 10.3 Å². The van der Waals surface area contributed by atoms with Gasteiger partial charge >= 0.3 is 0 Å². The first-order chi connectivity index (χ1) is 10.6. The third-order valence-electron chi connectivity index (χ3n) is 2.94. The van der Waals surface area contributed by atoms with Gasteiger partial charge in [-0.05, 0) is 19.1 Å². The maximum absolute atomic E-state index is 11.7. The number of oxazole rings is 1. The van der Waals surface area contributed by atoms with Crippen LogP contribution < -0.4 is 11.4 Å². The number of thioether (sulfide) groups is 1. The second-order valence-corrected chi connectivity index (χ2v) is 5.48. The fourth-order valence-corrected chi connectivity index (χ4v) is 2.52. The lowest BCUT2D eigenvalue weighted by Crippen LogP contribution is -2.32. The first kappa shape index (κ1) is 14.3. The zero-order chi connectivity index (χ0) is 15.5. The highest BCUT2D eigenvalue weighted by Crippen LogP contribution is 2.22. The Bertz CT molecular complexity index is 844. The average molecular weight is 315 g/mol. The minimum atomic E-state index is -0.359. The second-order valence-electron chi connectivity index (χ2n) is 4.54. The van der Waals surface area contributed by atoms with Crippen LogP contribution in [-0.2, 0) is 5.75 Å². The van der Waals surface area contributed by atoms with Gasteiger partial charge < -0.3 is 10.3 Å². The molecule has 0 spiro atoms. The van der Waals surface area contributed by atoms with Gasteiger partial charge in [-0.15, -0.1) is 10.2 Å². The van der Waals surface area contributed by atoms with Gasteiger partial charge in [-0.1, -0.05) is 30.0 Å². The summed E-state index contributed by atoms with van der Waals surface area (Å²) in [6, 6.07) is 9.61. The van der Waals surface area contributed by atoms with Gasteiger partial charge in [0.25, 0.3) is 5.56 Å². The van der Waals surface area contributed by atoms with Gasteiger partial charge in [0, 0.05) is 11.3 Å². The molecule has 2 N–H and O–H groups in total. The number of benzene rings is 1. The van der Waals surface area contributed by atoms with Crippen molar-refractivity contribution < 1.29 is 4.42 Å². The molecule has 3 aromatic rings. The van der Waals surface area contributed by atoms with Crippen molar-refractivity contribution in [1.29, 1.82) is 0 Å². The molecule has 0 amide bonds. The normalized spacial score (nSPS) is 10.8. The Morgan fingerprint density at radius 2 is 2.05 bits per heavy atom. The Labute approximate surface area is 130 Å². The zero-order valence-corrected chi connectivity index (χ0v) is 12.6. The van der Waals surface area contributed by atoms with E-state index in [1.807, 2.05) is 30.3 Å². The molecule has 22 heavy (non-hydrogen) atoms. The van der Waals surface area contributed by atoms with Crippen LogP contribution in [0, 0.1) is 6.92 Å². The SMILES string of the molecule is Cc1nnc(SCc2coc(-c3ccccc3)n2)n(N)c1=O. The Kier molecular flexibility index (Phi) is 3.92. The monoisotopic (exact) mass is 315 g/mol. The molecule has 0 atom stereocenters. The molecule has 0 bridgehead atoms. The van der Waals surface area contributed by atoms with Crippen molar-refractivity contribution in [2.45, 2.75) is 17.8 Å². The smallest absolute Gasteiger partial charge is 0.294 e. The zero-order valence-electron chi connectivity index (χ0n) is 11.8. The van der Waals surface area contributed by atoms with E-state index in [0.717, 1.165) is 15.9 Å². The maximum atomic E-state index is 11.7. The lowest BCUT2D eigenvalue weighted by atomic mass is 10.2. The van der Waals surface area contributed by atoms with Gasteiger partial charge in [-0.25, -0.2) is 4.98 Å². The van der Waals surface area contributed by atoms with Crippen LogP contribution in [-0.4, -0.2) is 19.9 Å². The van der Waals surface area contributed by atoms with E-state index < -0.39 is 0 Å². The van der Waals surface area contributed by atoms with Crippen LogP contribution in [0.3, 0.4) is 0 Å². The highest BCUT2D eigenvalue weighted by atomic mass is 32.2. The van der Waals surface area contributed by atoms with Crippen molar-refractivity contribution in [1.82, 2.24) is 19.9 Å². The summed E-state index contributed by atoms with van der Waals surface area (Å²) in [6.07, 6.45) is 1.58. The number of aryl methyl sites for hydroxylation is 1. The van der Waals surface area contributed by atoms with Crippen LogP contribution in [0.2, 0.25) is 0 Å². The first-order valence-electron chi connectivity index (χ1n) is 6.49. The molecule has 0 saturated carbocycles. The van der Waals surface area contributed by atoms with Crippen LogP contribution in [0.1, 0.15) is 11.4 Å². The quantitative estimate of drug-likeness (QED) is 0.576. The lowest BCUT2D eigenvalue weighted by Gasteiger charge is -2.04. The van der Waals surface area contributed by atoms with Gasteiger partial charge in [0.1, 0.15) is 12.0 Å². The minimum Gasteiger partial charge on any atom is -0.444 e. The van der Waals surface area contributed by atoms with E-state index in [0.29, 0.717) is 16.8 Å². The molecule has 1 aromatic carbocycles. The summed E-state index contributed by atoms with van der Waals surface area (Å²) in [5.74, 6) is 6.71. The Morgan fingerprint density at radius 3 is 2.82 bits per heavy atom. The van der Waals surface area contributed by atoms with E-state index in [2.05, 4.69) is 15.2 Å². The summed E-state index contributed by atoms with van der Waals surface area (Å²) in [4.78, 5) is 16.1. The molecule has 0 unspecified atom stereocenters. The Hall–Kier alpha value is -2.61. The number of hydrogen-bond acceptors (Lipinski definition) is 7. The van der Waals surface area contributed by atoms with Crippen molar-refractivity contribution >= 4 is 11.8 Å². The lowest BCUT2D eigenvalue weighted by molar-refractivity contribution is 0.573. The molecular formula is C14H13N5O2S. The number of nitrogens with zero attached hydrogens (tertiary/aromatic N) is 4. The highest BCUT2D eigenvalue weighted by Gasteiger charge is 2.10. The molecule has 2 heterocycles. The van der Waals surface area contributed by atoms with Crippen LogP contribution in [0.25, 0.3) is 11.5 Å². The molecule has 0 aliphatic rings. The van der Waals surface area contributed by atoms with E-state index in [1.165, 1.54) is 11.8 Å². The molecule has 3 rings (SSSR count). The number of rotatable bonds is 4. The van der Waals surface area contributed by atoms with Crippen LogP contribution in [0.4, 0.5) is 0 Å². The average Bonchev–Trinajstić information content (AvgIpc) is 3.02. The summed E-state index contributed by atoms with van der Waals surface area (Å²) in [5.41, 5.74) is 1.55. The predicted molar refractivity (Wildman–Crippen MR) is 82.7 cm³/mol. The van der Waals surface area contributed by atoms with Crippen molar-refractivity contribution in [3.8, 4) is 11.5 Å². The van der Waals surface area contributed by atoms with Crippen LogP contribution in [0.15, 0.2) is 51.0 Å². The number of nitrogens with two attached hydrogens (primary N) is 1. The molecular weight excluding hydrogens is 302 g/mol. The Morgan fingerprint density at radius 1 is 1.27 bits per heavy atom. The van der Waals surface area contributed by atoms with Gasteiger partial charge in [0.15, 0.2) is 0 Å². The van der Waals surface area contributed by atoms with Gasteiger partial charge in [-0.3, -0.25) is 4.79 Å². The maximum Gasteiger partial charge on any atom is 0.294 e. The minimum absolute atomic E-state index is 0.264. The van der Waals surface area contributed by atoms with Crippen molar-refractivity contribution in [2.24, 2.45) is 0 Å². The third-order valence-corrected chi connectivity index (χ3v) is 3.92. The van der Waals surface area contributed by atoms with E-state index in [-0.39, 0.29) is 11.3 Å². The topological polar surface area (TPSA) is 99.8 Å². The van der Waals surface area contributed by atoms with E-state index in [1.54, 1.807) is 13.2 Å². The second kappa shape index (κ2) is 6.02. The molecule has 0 saturated heterocycles. The van der Waals surface area contributed by atoms with E-state index in [9.17, 15) is 4.79 Å². The fourth-order valence-electron chi connectivity index (χ4n) is 1.79. The highest BCUT2D eigenvalue weighted by molar-refractivity contribution is 7.98. The molecule has 112 valence electrons. The largest absolute Gasteiger partial charge is 0.444 e. The fraction of sp³-hybridized carbons (Fsp3) is 0.143. The first-order valence-corrected chi connectivity index (χ1v) is 7.48. The summed E-state index contributed by atoms with van der Waals surface area (Å²) in [6.45, 7) is 1.57. The molecule has 2 aromatic heterocycles. The summed E-state index contributed by atoms with van der Waals surface area (Å²) < 4.78 is 6.44. The molecule has 8 heteroatoms. The van der Waals surface area contributed by atoms with Gasteiger partial charge in [-0.2, -0.15) is 4.68 Å². The summed E-state index contributed by atoms with van der Waals surface area (Å²) >= 11 is 1.27. The standard InChI is InChI=1S/C14H13N5O2S/c1-9-13(20)19(15)14(18-17-9)22-8-11-7-21-12(16-11)10-5-3-2-4-6-10/h2-7H,8,15H2,1H3. The summed E-state index contributed by atoms with van der Waals surface area (Å²) in [5, 5.41) is 8.02. The molecule has 0 aliphatic carbocycles. The van der Waals surface area contributed by atoms with Crippen molar-refractivity contribution in [3.05, 3.63) is 58.3 Å². The molecule has 7 nitrogen and oxygen atoms in total. The van der Waals surface area contributed by atoms with Crippen LogP contribution >= 0.6 is 11.8 Å². The van der Waals surface area contributed by atoms with Crippen LogP contribution in [0.5, 0.6) is 0 Å². The van der Waals surface area contributed by atoms with E-state index >= 15 is 0 Å².